The monoisotopic (exact) mass is 302 g/mol. The number of likely N-dealkylation sites (tertiary alicyclic amines) is 1. The van der Waals surface area contributed by atoms with Gasteiger partial charge in [0.2, 0.25) is 0 Å². The minimum absolute atomic E-state index is 0.205. The highest BCUT2D eigenvalue weighted by molar-refractivity contribution is 5.68. The van der Waals surface area contributed by atoms with Gasteiger partial charge in [-0.25, -0.2) is 4.79 Å². The van der Waals surface area contributed by atoms with Crippen LogP contribution in [0.1, 0.15) is 33.6 Å². The number of hydrogen-bond donors (Lipinski definition) is 1. The first-order valence-electron chi connectivity index (χ1n) is 7.90. The van der Waals surface area contributed by atoms with Gasteiger partial charge in [0.05, 0.1) is 0 Å². The maximum absolute atomic E-state index is 12.0. The van der Waals surface area contributed by atoms with Gasteiger partial charge >= 0.3 is 6.09 Å². The largest absolute Gasteiger partial charge is 0.444 e. The highest BCUT2D eigenvalue weighted by Crippen LogP contribution is 2.16. The van der Waals surface area contributed by atoms with Gasteiger partial charge in [-0.3, -0.25) is 0 Å². The van der Waals surface area contributed by atoms with Gasteiger partial charge < -0.3 is 15.0 Å². The molecule has 0 aromatic carbocycles. The molecule has 0 saturated carbocycles. The minimum atomic E-state index is -0.430. The van der Waals surface area contributed by atoms with Crippen LogP contribution in [-0.4, -0.2) is 35.7 Å². The Labute approximate surface area is 133 Å². The molecule has 0 unspecified atom stereocenters. The molecule has 120 valence electrons. The molecule has 0 radical (unpaired) electrons. The maximum atomic E-state index is 12.0. The van der Waals surface area contributed by atoms with Crippen LogP contribution < -0.4 is 5.32 Å². The number of allylic oxidation sites excluding steroid dienone is 7. The molecule has 1 fully saturated rings. The fraction of sp³-hybridized carbons (Fsp3) is 0.500. The van der Waals surface area contributed by atoms with Crippen molar-refractivity contribution in [1.82, 2.24) is 10.2 Å². The van der Waals surface area contributed by atoms with Crippen LogP contribution in [0, 0.1) is 0 Å². The molecule has 1 heterocycles. The maximum Gasteiger partial charge on any atom is 0.410 e. The van der Waals surface area contributed by atoms with Crippen molar-refractivity contribution in [3.05, 3.63) is 48.2 Å². The SMILES string of the molecule is CC(C)(C)OC(=O)N1CCC(NC2=C/C=C\C=C/C=C\2)CC1. The highest BCUT2D eigenvalue weighted by Gasteiger charge is 2.26. The van der Waals surface area contributed by atoms with E-state index in [4.69, 9.17) is 4.74 Å². The highest BCUT2D eigenvalue weighted by atomic mass is 16.6. The normalized spacial score (nSPS) is 26.1. The van der Waals surface area contributed by atoms with Gasteiger partial charge in [0.15, 0.2) is 0 Å². The average Bonchev–Trinajstić information content (AvgIpc) is 2.40. The molecular weight excluding hydrogens is 276 g/mol. The summed E-state index contributed by atoms with van der Waals surface area (Å²) in [5, 5.41) is 3.54. The van der Waals surface area contributed by atoms with Crippen LogP contribution in [-0.2, 0) is 4.74 Å². The smallest absolute Gasteiger partial charge is 0.410 e. The summed E-state index contributed by atoms with van der Waals surface area (Å²) in [5.74, 6) is 0. The number of ether oxygens (including phenoxy) is 1. The summed E-state index contributed by atoms with van der Waals surface area (Å²) in [6.07, 6.45) is 15.9. The number of nitrogens with zero attached hydrogens (tertiary/aromatic N) is 1. The molecule has 4 nitrogen and oxygen atoms in total. The van der Waals surface area contributed by atoms with E-state index in [2.05, 4.69) is 17.5 Å². The molecular formula is C18H26N2O2. The number of carbonyl (C=O) groups excluding carboxylic acids is 1. The summed E-state index contributed by atoms with van der Waals surface area (Å²) in [7, 11) is 0. The zero-order valence-corrected chi connectivity index (χ0v) is 13.7. The van der Waals surface area contributed by atoms with Crippen LogP contribution in [0.3, 0.4) is 0 Å². The van der Waals surface area contributed by atoms with Crippen LogP contribution >= 0.6 is 0 Å². The van der Waals surface area contributed by atoms with Gasteiger partial charge in [0.25, 0.3) is 0 Å². The number of carbonyl (C=O) groups is 1. The number of piperidine rings is 1. The van der Waals surface area contributed by atoms with Crippen molar-refractivity contribution in [2.24, 2.45) is 0 Å². The summed E-state index contributed by atoms with van der Waals surface area (Å²) in [4.78, 5) is 13.8. The Morgan fingerprint density at radius 1 is 1.14 bits per heavy atom. The van der Waals surface area contributed by atoms with E-state index in [9.17, 15) is 4.79 Å². The molecule has 1 aliphatic heterocycles. The molecule has 1 saturated heterocycles. The van der Waals surface area contributed by atoms with E-state index in [0.29, 0.717) is 6.04 Å². The first kappa shape index (κ1) is 16.4. The molecule has 1 N–H and O–H groups in total. The molecule has 0 bridgehead atoms. The zero-order valence-electron chi connectivity index (χ0n) is 13.7. The van der Waals surface area contributed by atoms with Crippen LogP contribution in [0.4, 0.5) is 4.79 Å². The first-order valence-corrected chi connectivity index (χ1v) is 7.90. The van der Waals surface area contributed by atoms with Crippen molar-refractivity contribution in [1.29, 1.82) is 0 Å². The molecule has 0 aromatic rings. The molecule has 1 aliphatic carbocycles. The van der Waals surface area contributed by atoms with Crippen molar-refractivity contribution in [2.75, 3.05) is 13.1 Å². The quantitative estimate of drug-likeness (QED) is 0.848. The van der Waals surface area contributed by atoms with Gasteiger partial charge in [-0.15, -0.1) is 0 Å². The Hall–Kier alpha value is -1.97. The number of amides is 1. The predicted molar refractivity (Wildman–Crippen MR) is 89.5 cm³/mol. The lowest BCUT2D eigenvalue weighted by Crippen LogP contribution is -2.46. The van der Waals surface area contributed by atoms with Gasteiger partial charge in [0.1, 0.15) is 5.60 Å². The topological polar surface area (TPSA) is 41.6 Å². The van der Waals surface area contributed by atoms with Crippen molar-refractivity contribution in [3.63, 3.8) is 0 Å². The third kappa shape index (κ3) is 5.43. The third-order valence-corrected chi connectivity index (χ3v) is 3.51. The molecule has 0 atom stereocenters. The van der Waals surface area contributed by atoms with Crippen molar-refractivity contribution >= 4 is 6.09 Å². The third-order valence-electron chi connectivity index (χ3n) is 3.51. The predicted octanol–water partition coefficient (Wildman–Crippen LogP) is 3.54. The number of rotatable bonds is 2. The van der Waals surface area contributed by atoms with Crippen LogP contribution in [0.5, 0.6) is 0 Å². The second-order valence-corrected chi connectivity index (χ2v) is 6.64. The Morgan fingerprint density at radius 2 is 1.77 bits per heavy atom. The van der Waals surface area contributed by atoms with Crippen molar-refractivity contribution in [2.45, 2.75) is 45.3 Å². The minimum Gasteiger partial charge on any atom is -0.444 e. The van der Waals surface area contributed by atoms with Gasteiger partial charge in [-0.2, -0.15) is 0 Å². The zero-order chi connectivity index (χ0) is 16.0. The van der Waals surface area contributed by atoms with Crippen LogP contribution in [0.25, 0.3) is 0 Å². The summed E-state index contributed by atoms with van der Waals surface area (Å²) < 4.78 is 5.42. The van der Waals surface area contributed by atoms with E-state index in [0.717, 1.165) is 31.6 Å². The lowest BCUT2D eigenvalue weighted by Gasteiger charge is -2.34. The van der Waals surface area contributed by atoms with Crippen LogP contribution in [0.2, 0.25) is 0 Å². The molecule has 22 heavy (non-hydrogen) atoms. The van der Waals surface area contributed by atoms with Gasteiger partial charge in [-0.05, 0) is 45.8 Å². The number of hydrogen-bond acceptors (Lipinski definition) is 3. The molecule has 2 rings (SSSR count). The Kier molecular flexibility index (Phi) is 5.47. The van der Waals surface area contributed by atoms with Crippen molar-refractivity contribution < 1.29 is 9.53 Å². The molecule has 1 amide bonds. The van der Waals surface area contributed by atoms with Crippen molar-refractivity contribution in [3.8, 4) is 0 Å². The molecule has 0 aromatic heterocycles. The van der Waals surface area contributed by atoms with E-state index in [1.807, 2.05) is 51.2 Å². The van der Waals surface area contributed by atoms with E-state index in [1.165, 1.54) is 0 Å². The Balaban J connectivity index is 1.81. The molecule has 4 heteroatoms. The van der Waals surface area contributed by atoms with Crippen LogP contribution in [0.15, 0.2) is 48.2 Å². The van der Waals surface area contributed by atoms with Gasteiger partial charge in [0, 0.05) is 24.8 Å². The fourth-order valence-corrected chi connectivity index (χ4v) is 2.43. The summed E-state index contributed by atoms with van der Waals surface area (Å²) >= 11 is 0. The van der Waals surface area contributed by atoms with E-state index >= 15 is 0 Å². The van der Waals surface area contributed by atoms with Gasteiger partial charge in [-0.1, -0.05) is 30.4 Å². The standard InChI is InChI=1S/C18H26N2O2/c1-18(2,3)22-17(21)20-13-11-16(12-14-20)19-15-9-7-5-4-6-8-10-15/h4-10,16,19H,11-14H2,1-3H3/b5-4-,6-4?,7-5?,8-6-,9-7-,10-8?,15-9?,15-10+. The average molecular weight is 302 g/mol. The molecule has 2 aliphatic rings. The summed E-state index contributed by atoms with van der Waals surface area (Å²) in [6.45, 7) is 7.16. The second kappa shape index (κ2) is 7.34. The fourth-order valence-electron chi connectivity index (χ4n) is 2.43. The van der Waals surface area contributed by atoms with E-state index < -0.39 is 5.60 Å². The lowest BCUT2D eigenvalue weighted by atomic mass is 10.0. The molecule has 0 spiro atoms. The van der Waals surface area contributed by atoms with E-state index in [-0.39, 0.29) is 6.09 Å². The Morgan fingerprint density at radius 3 is 2.45 bits per heavy atom. The first-order chi connectivity index (χ1) is 10.4. The summed E-state index contributed by atoms with van der Waals surface area (Å²) in [5.41, 5.74) is 0.678. The summed E-state index contributed by atoms with van der Waals surface area (Å²) in [6, 6.07) is 0.395. The number of nitrogens with one attached hydrogen (secondary N) is 1. The lowest BCUT2D eigenvalue weighted by molar-refractivity contribution is 0.0201. The Bertz CT molecular complexity index is 502. The second-order valence-electron chi connectivity index (χ2n) is 6.64. The van der Waals surface area contributed by atoms with E-state index in [1.54, 1.807) is 4.90 Å².